The number of hydrogen-bond acceptors (Lipinski definition) is 3. The second-order valence-corrected chi connectivity index (χ2v) is 7.48. The molecule has 3 nitrogen and oxygen atoms in total. The molecule has 21 heavy (non-hydrogen) atoms. The summed E-state index contributed by atoms with van der Waals surface area (Å²) in [5, 5.41) is 13.6. The van der Waals surface area contributed by atoms with E-state index in [-0.39, 0.29) is 6.10 Å². The van der Waals surface area contributed by atoms with Crippen LogP contribution in [0.15, 0.2) is 0 Å². The molecule has 124 valence electrons. The third kappa shape index (κ3) is 6.25. The fourth-order valence-electron chi connectivity index (χ4n) is 3.96. The molecule has 3 heteroatoms. The van der Waals surface area contributed by atoms with Crippen LogP contribution >= 0.6 is 0 Å². The van der Waals surface area contributed by atoms with Gasteiger partial charge in [0.1, 0.15) is 0 Å². The molecule has 0 bridgehead atoms. The summed E-state index contributed by atoms with van der Waals surface area (Å²) in [5.41, 5.74) is 0. The van der Waals surface area contributed by atoms with Gasteiger partial charge in [-0.3, -0.25) is 0 Å². The van der Waals surface area contributed by atoms with Crippen molar-refractivity contribution in [1.29, 1.82) is 0 Å². The largest absolute Gasteiger partial charge is 0.389 e. The van der Waals surface area contributed by atoms with Crippen LogP contribution in [0.1, 0.15) is 71.6 Å². The minimum absolute atomic E-state index is 0.367. The summed E-state index contributed by atoms with van der Waals surface area (Å²) in [7, 11) is 0. The molecule has 2 rings (SSSR count). The van der Waals surface area contributed by atoms with Crippen molar-refractivity contribution in [3.8, 4) is 0 Å². The molecule has 2 saturated carbocycles. The molecule has 0 spiro atoms. The number of aliphatic hydroxyl groups excluding tert-OH is 1. The molecule has 2 aliphatic rings. The van der Waals surface area contributed by atoms with Crippen LogP contribution in [-0.2, 0) is 4.74 Å². The summed E-state index contributed by atoms with van der Waals surface area (Å²) in [5.74, 6) is 1.58. The molecule has 0 saturated heterocycles. The van der Waals surface area contributed by atoms with Crippen molar-refractivity contribution in [1.82, 2.24) is 5.32 Å². The number of rotatable bonds is 7. The molecule has 3 unspecified atom stereocenters. The van der Waals surface area contributed by atoms with Gasteiger partial charge in [-0.05, 0) is 44.4 Å². The molecule has 0 amide bonds. The van der Waals surface area contributed by atoms with Crippen molar-refractivity contribution in [2.75, 3.05) is 13.2 Å². The molecule has 0 heterocycles. The van der Waals surface area contributed by atoms with Crippen molar-refractivity contribution < 1.29 is 9.84 Å². The second-order valence-electron chi connectivity index (χ2n) is 7.48. The van der Waals surface area contributed by atoms with Gasteiger partial charge in [0.15, 0.2) is 0 Å². The van der Waals surface area contributed by atoms with E-state index >= 15 is 0 Å². The first-order chi connectivity index (χ1) is 10.1. The lowest BCUT2D eigenvalue weighted by Gasteiger charge is -2.30. The Kier molecular flexibility index (Phi) is 7.48. The zero-order valence-electron chi connectivity index (χ0n) is 14.0. The van der Waals surface area contributed by atoms with Gasteiger partial charge in [0, 0.05) is 12.6 Å². The third-order valence-electron chi connectivity index (χ3n) is 5.44. The highest BCUT2D eigenvalue weighted by Crippen LogP contribution is 2.27. The summed E-state index contributed by atoms with van der Waals surface area (Å²) in [4.78, 5) is 0. The van der Waals surface area contributed by atoms with Crippen molar-refractivity contribution in [3.63, 3.8) is 0 Å². The smallest absolute Gasteiger partial charge is 0.0897 e. The maximum absolute atomic E-state index is 10.1. The van der Waals surface area contributed by atoms with Crippen molar-refractivity contribution in [2.24, 2.45) is 11.8 Å². The number of ether oxygens (including phenoxy) is 1. The maximum Gasteiger partial charge on any atom is 0.0897 e. The number of nitrogens with one attached hydrogen (secondary N) is 1. The lowest BCUT2D eigenvalue weighted by atomic mass is 9.84. The molecule has 2 N–H and O–H groups in total. The Labute approximate surface area is 130 Å². The summed E-state index contributed by atoms with van der Waals surface area (Å²) in [6.07, 6.45) is 11.8. The Morgan fingerprint density at radius 1 is 1.10 bits per heavy atom. The maximum atomic E-state index is 10.1. The van der Waals surface area contributed by atoms with E-state index in [4.69, 9.17) is 4.74 Å². The normalized spacial score (nSPS) is 31.0. The van der Waals surface area contributed by atoms with Gasteiger partial charge in [-0.25, -0.2) is 0 Å². The average Bonchev–Trinajstić information content (AvgIpc) is 2.51. The SMILES string of the molecule is CC1CCCC(OCC(O)CN[C@H](C)C2CCCCC2)C1. The van der Waals surface area contributed by atoms with Gasteiger partial charge in [-0.15, -0.1) is 0 Å². The van der Waals surface area contributed by atoms with Gasteiger partial charge in [0.25, 0.3) is 0 Å². The molecular weight excluding hydrogens is 262 g/mol. The van der Waals surface area contributed by atoms with Crippen LogP contribution in [0.3, 0.4) is 0 Å². The van der Waals surface area contributed by atoms with Gasteiger partial charge in [0.05, 0.1) is 18.8 Å². The number of aliphatic hydroxyl groups is 1. The van der Waals surface area contributed by atoms with Gasteiger partial charge in [0.2, 0.25) is 0 Å². The van der Waals surface area contributed by atoms with Gasteiger partial charge >= 0.3 is 0 Å². The summed E-state index contributed by atoms with van der Waals surface area (Å²) in [6.45, 7) is 5.73. The fourth-order valence-corrected chi connectivity index (χ4v) is 3.96. The molecule has 0 aliphatic heterocycles. The zero-order valence-corrected chi connectivity index (χ0v) is 14.0. The van der Waals surface area contributed by atoms with E-state index in [0.717, 1.165) is 11.8 Å². The molecule has 0 aromatic heterocycles. The van der Waals surface area contributed by atoms with Crippen LogP contribution in [0.5, 0.6) is 0 Å². The molecule has 0 aromatic rings. The lowest BCUT2D eigenvalue weighted by Crippen LogP contribution is -2.41. The predicted octanol–water partition coefficient (Wildman–Crippen LogP) is 3.50. The minimum Gasteiger partial charge on any atom is -0.389 e. The standard InChI is InChI=1S/C18H35NO2/c1-14-7-6-10-18(11-14)21-13-17(20)12-19-15(2)16-8-4-3-5-9-16/h14-20H,3-13H2,1-2H3/t14?,15-,17?,18?/m1/s1. The fraction of sp³-hybridized carbons (Fsp3) is 1.00. The topological polar surface area (TPSA) is 41.5 Å². The van der Waals surface area contributed by atoms with E-state index in [9.17, 15) is 5.11 Å². The molecule has 2 aliphatic carbocycles. The monoisotopic (exact) mass is 297 g/mol. The quantitative estimate of drug-likeness (QED) is 0.755. The van der Waals surface area contributed by atoms with Crippen LogP contribution in [0.4, 0.5) is 0 Å². The Balaban J connectivity index is 1.57. The van der Waals surface area contributed by atoms with Crippen LogP contribution in [0, 0.1) is 11.8 Å². The summed E-state index contributed by atoms with van der Waals surface area (Å²) in [6, 6.07) is 0.523. The third-order valence-corrected chi connectivity index (χ3v) is 5.44. The Bertz CT molecular complexity index is 278. The predicted molar refractivity (Wildman–Crippen MR) is 87.4 cm³/mol. The first-order valence-corrected chi connectivity index (χ1v) is 9.18. The molecule has 4 atom stereocenters. The van der Waals surface area contributed by atoms with Gasteiger partial charge < -0.3 is 15.2 Å². The Hall–Kier alpha value is -0.120. The Morgan fingerprint density at radius 2 is 1.86 bits per heavy atom. The van der Waals surface area contributed by atoms with E-state index in [2.05, 4.69) is 19.2 Å². The molecule has 0 radical (unpaired) electrons. The highest BCUT2D eigenvalue weighted by atomic mass is 16.5. The van der Waals surface area contributed by atoms with Gasteiger partial charge in [-0.1, -0.05) is 39.0 Å². The molecule has 0 aromatic carbocycles. The van der Waals surface area contributed by atoms with Crippen LogP contribution in [-0.4, -0.2) is 36.5 Å². The first kappa shape index (κ1) is 17.2. The highest BCUT2D eigenvalue weighted by molar-refractivity contribution is 4.77. The van der Waals surface area contributed by atoms with Crippen LogP contribution in [0.2, 0.25) is 0 Å². The first-order valence-electron chi connectivity index (χ1n) is 9.18. The van der Waals surface area contributed by atoms with Crippen LogP contribution < -0.4 is 5.32 Å². The second kappa shape index (κ2) is 9.12. The van der Waals surface area contributed by atoms with E-state index in [0.29, 0.717) is 25.3 Å². The van der Waals surface area contributed by atoms with E-state index in [1.54, 1.807) is 0 Å². The zero-order chi connectivity index (χ0) is 15.1. The van der Waals surface area contributed by atoms with E-state index in [1.807, 2.05) is 0 Å². The minimum atomic E-state index is -0.367. The van der Waals surface area contributed by atoms with Crippen molar-refractivity contribution >= 4 is 0 Å². The highest BCUT2D eigenvalue weighted by Gasteiger charge is 2.22. The average molecular weight is 297 g/mol. The lowest BCUT2D eigenvalue weighted by molar-refractivity contribution is -0.0315. The Morgan fingerprint density at radius 3 is 2.57 bits per heavy atom. The summed E-state index contributed by atoms with van der Waals surface area (Å²) < 4.78 is 5.90. The van der Waals surface area contributed by atoms with Gasteiger partial charge in [-0.2, -0.15) is 0 Å². The summed E-state index contributed by atoms with van der Waals surface area (Å²) >= 11 is 0. The molecule has 2 fully saturated rings. The van der Waals surface area contributed by atoms with E-state index in [1.165, 1.54) is 57.8 Å². The van der Waals surface area contributed by atoms with Crippen LogP contribution in [0.25, 0.3) is 0 Å². The van der Waals surface area contributed by atoms with Crippen molar-refractivity contribution in [3.05, 3.63) is 0 Å². The molecular formula is C18H35NO2. The van der Waals surface area contributed by atoms with Crippen molar-refractivity contribution in [2.45, 2.75) is 89.9 Å². The number of hydrogen-bond donors (Lipinski definition) is 2. The van der Waals surface area contributed by atoms with E-state index < -0.39 is 0 Å².